The monoisotopic (exact) mass is 505 g/mol. The van der Waals surface area contributed by atoms with Crippen LogP contribution in [-0.2, 0) is 19.6 Å². The molecular formula is C21H23N5O8S. The van der Waals surface area contributed by atoms with Gasteiger partial charge in [0.05, 0.1) is 16.4 Å². The van der Waals surface area contributed by atoms with Crippen LogP contribution in [0.1, 0.15) is 12.8 Å². The number of nitro benzene ring substituents is 1. The number of urea groups is 1. The van der Waals surface area contributed by atoms with E-state index in [0.717, 1.165) is 28.6 Å². The van der Waals surface area contributed by atoms with Gasteiger partial charge in [-0.2, -0.15) is 4.31 Å². The van der Waals surface area contributed by atoms with Crippen molar-refractivity contribution < 1.29 is 32.8 Å². The molecular weight excluding hydrogens is 482 g/mol. The van der Waals surface area contributed by atoms with Gasteiger partial charge in [-0.15, -0.1) is 0 Å². The summed E-state index contributed by atoms with van der Waals surface area (Å²) in [4.78, 5) is 46.4. The van der Waals surface area contributed by atoms with Crippen LogP contribution in [0.5, 0.6) is 0 Å². The zero-order valence-corrected chi connectivity index (χ0v) is 19.1. The van der Waals surface area contributed by atoms with Crippen molar-refractivity contribution in [3.05, 3.63) is 64.7 Å². The van der Waals surface area contributed by atoms with Gasteiger partial charge in [0.15, 0.2) is 0 Å². The number of amides is 3. The van der Waals surface area contributed by atoms with Gasteiger partial charge in [0.25, 0.3) is 5.69 Å². The van der Waals surface area contributed by atoms with E-state index >= 15 is 0 Å². The summed E-state index contributed by atoms with van der Waals surface area (Å²) >= 11 is 0. The maximum absolute atomic E-state index is 13.0. The molecule has 0 unspecified atom stereocenters. The summed E-state index contributed by atoms with van der Waals surface area (Å²) in [6.45, 7) is -0.422. The van der Waals surface area contributed by atoms with E-state index in [1.54, 1.807) is 30.3 Å². The third-order valence-electron chi connectivity index (χ3n) is 5.27. The molecule has 14 heteroatoms. The number of benzene rings is 2. The van der Waals surface area contributed by atoms with Crippen LogP contribution < -0.4 is 16.0 Å². The van der Waals surface area contributed by atoms with E-state index in [1.807, 2.05) is 0 Å². The largest absolute Gasteiger partial charge is 0.480 e. The molecule has 0 radical (unpaired) electrons. The third-order valence-corrected chi connectivity index (χ3v) is 7.20. The van der Waals surface area contributed by atoms with E-state index in [2.05, 4.69) is 16.0 Å². The Labute approximate surface area is 200 Å². The first kappa shape index (κ1) is 25.6. The number of rotatable bonds is 9. The van der Waals surface area contributed by atoms with Crippen LogP contribution in [-0.4, -0.2) is 65.8 Å². The molecule has 3 amide bonds. The molecule has 0 spiro atoms. The SMILES string of the molecule is O=C(NC[C@H](NC(=O)[C@@H]1CCCN1S(=O)(=O)c1ccc([N+](=O)[O-])cc1)C(=O)O)Nc1ccccc1. The zero-order chi connectivity index (χ0) is 25.6. The average molecular weight is 506 g/mol. The lowest BCUT2D eigenvalue weighted by atomic mass is 10.2. The number of carboxylic acids is 1. The molecule has 2 aromatic carbocycles. The van der Waals surface area contributed by atoms with E-state index in [1.165, 1.54) is 0 Å². The molecule has 13 nitrogen and oxygen atoms in total. The number of carbonyl (C=O) groups is 3. The Morgan fingerprint density at radius 3 is 2.37 bits per heavy atom. The van der Waals surface area contributed by atoms with Crippen LogP contribution in [0, 0.1) is 10.1 Å². The van der Waals surface area contributed by atoms with Crippen LogP contribution in [0.15, 0.2) is 59.5 Å². The van der Waals surface area contributed by atoms with Gasteiger partial charge in [0, 0.05) is 24.4 Å². The minimum absolute atomic E-state index is 0.0207. The zero-order valence-electron chi connectivity index (χ0n) is 18.3. The molecule has 3 rings (SSSR count). The molecule has 4 N–H and O–H groups in total. The number of sulfonamides is 1. The van der Waals surface area contributed by atoms with Crippen LogP contribution in [0.3, 0.4) is 0 Å². The van der Waals surface area contributed by atoms with E-state index < -0.39 is 51.5 Å². The summed E-state index contributed by atoms with van der Waals surface area (Å²) in [5.74, 6) is -2.24. The van der Waals surface area contributed by atoms with Gasteiger partial charge < -0.3 is 21.1 Å². The fourth-order valence-electron chi connectivity index (χ4n) is 3.52. The minimum atomic E-state index is -4.17. The number of hydrogen-bond acceptors (Lipinski definition) is 7. The topological polar surface area (TPSA) is 188 Å². The highest BCUT2D eigenvalue weighted by molar-refractivity contribution is 7.89. The molecule has 0 aromatic heterocycles. The molecule has 1 saturated heterocycles. The normalized spacial score (nSPS) is 16.7. The van der Waals surface area contributed by atoms with Crippen LogP contribution in [0.4, 0.5) is 16.2 Å². The molecule has 1 heterocycles. The molecule has 1 fully saturated rings. The molecule has 1 aliphatic rings. The van der Waals surface area contributed by atoms with Gasteiger partial charge in [-0.1, -0.05) is 18.2 Å². The second-order valence-corrected chi connectivity index (χ2v) is 9.52. The van der Waals surface area contributed by atoms with E-state index in [4.69, 9.17) is 0 Å². The van der Waals surface area contributed by atoms with Crippen molar-refractivity contribution in [2.24, 2.45) is 0 Å². The maximum Gasteiger partial charge on any atom is 0.328 e. The molecule has 186 valence electrons. The van der Waals surface area contributed by atoms with Crippen molar-refractivity contribution in [1.82, 2.24) is 14.9 Å². The highest BCUT2D eigenvalue weighted by atomic mass is 32.2. The highest BCUT2D eigenvalue weighted by Crippen LogP contribution is 2.27. The van der Waals surface area contributed by atoms with Crippen LogP contribution in [0.2, 0.25) is 0 Å². The quantitative estimate of drug-likeness (QED) is 0.288. The summed E-state index contributed by atoms with van der Waals surface area (Å²) in [6.07, 6.45) is 0.520. The number of aliphatic carboxylic acids is 1. The first-order valence-electron chi connectivity index (χ1n) is 10.5. The van der Waals surface area contributed by atoms with E-state index in [-0.39, 0.29) is 23.5 Å². The van der Waals surface area contributed by atoms with Crippen molar-refractivity contribution >= 4 is 39.3 Å². The molecule has 0 saturated carbocycles. The van der Waals surface area contributed by atoms with Gasteiger partial charge in [0.2, 0.25) is 15.9 Å². The maximum atomic E-state index is 13.0. The molecule has 0 bridgehead atoms. The summed E-state index contributed by atoms with van der Waals surface area (Å²) in [5.41, 5.74) is 0.201. The molecule has 2 aromatic rings. The highest BCUT2D eigenvalue weighted by Gasteiger charge is 2.40. The number of para-hydroxylation sites is 1. The summed E-state index contributed by atoms with van der Waals surface area (Å²) < 4.78 is 27.0. The number of nitro groups is 1. The van der Waals surface area contributed by atoms with Crippen LogP contribution in [0.25, 0.3) is 0 Å². The smallest absolute Gasteiger partial charge is 0.328 e. The van der Waals surface area contributed by atoms with Crippen LogP contribution >= 0.6 is 0 Å². The second kappa shape index (κ2) is 10.9. The number of hydrogen-bond donors (Lipinski definition) is 4. The Morgan fingerprint density at radius 1 is 1.11 bits per heavy atom. The van der Waals surface area contributed by atoms with Crippen molar-refractivity contribution in [2.45, 2.75) is 29.8 Å². The Morgan fingerprint density at radius 2 is 1.77 bits per heavy atom. The number of anilines is 1. The molecule has 35 heavy (non-hydrogen) atoms. The van der Waals surface area contributed by atoms with Gasteiger partial charge in [0.1, 0.15) is 12.1 Å². The van der Waals surface area contributed by atoms with Gasteiger partial charge >= 0.3 is 12.0 Å². The Bertz CT molecular complexity index is 1200. The fraction of sp³-hybridized carbons (Fsp3) is 0.286. The number of carbonyl (C=O) groups excluding carboxylic acids is 2. The summed E-state index contributed by atoms with van der Waals surface area (Å²) in [5, 5.41) is 27.4. The third kappa shape index (κ3) is 6.30. The van der Waals surface area contributed by atoms with Crippen molar-refractivity contribution in [1.29, 1.82) is 0 Å². The standard InChI is InChI=1S/C21H23N5O8S/c27-19(24-17(20(28)29)13-22-21(30)23-14-5-2-1-3-6-14)18-7-4-12-25(18)35(33,34)16-10-8-15(9-11-16)26(31)32/h1-3,5-6,8-11,17-18H,4,7,12-13H2,(H,24,27)(H,28,29)(H2,22,23,30)/t17-,18-/m0/s1. The predicted molar refractivity (Wildman–Crippen MR) is 123 cm³/mol. The van der Waals surface area contributed by atoms with Crippen molar-refractivity contribution in [2.75, 3.05) is 18.4 Å². The summed E-state index contributed by atoms with van der Waals surface area (Å²) in [6, 6.07) is 9.33. The van der Waals surface area contributed by atoms with Gasteiger partial charge in [-0.3, -0.25) is 14.9 Å². The number of carboxylic acid groups (broad SMARTS) is 1. The first-order valence-corrected chi connectivity index (χ1v) is 11.9. The molecule has 1 aliphatic heterocycles. The molecule has 0 aliphatic carbocycles. The molecule has 2 atom stereocenters. The van der Waals surface area contributed by atoms with Crippen molar-refractivity contribution in [3.8, 4) is 0 Å². The minimum Gasteiger partial charge on any atom is -0.480 e. The lowest BCUT2D eigenvalue weighted by molar-refractivity contribution is -0.384. The Kier molecular flexibility index (Phi) is 7.98. The number of nitrogens with zero attached hydrogens (tertiary/aromatic N) is 2. The average Bonchev–Trinajstić information content (AvgIpc) is 3.33. The fourth-order valence-corrected chi connectivity index (χ4v) is 5.18. The van der Waals surface area contributed by atoms with Gasteiger partial charge in [-0.05, 0) is 37.1 Å². The lowest BCUT2D eigenvalue weighted by Crippen LogP contribution is -2.54. The van der Waals surface area contributed by atoms with Gasteiger partial charge in [-0.25, -0.2) is 18.0 Å². The van der Waals surface area contributed by atoms with Crippen molar-refractivity contribution in [3.63, 3.8) is 0 Å². The lowest BCUT2D eigenvalue weighted by Gasteiger charge is -2.25. The Hall–Kier alpha value is -4.04. The first-order chi connectivity index (χ1) is 16.6. The van der Waals surface area contributed by atoms with E-state index in [9.17, 15) is 38.0 Å². The predicted octanol–water partition coefficient (Wildman–Crippen LogP) is 1.14. The summed E-state index contributed by atoms with van der Waals surface area (Å²) in [7, 11) is -4.17. The number of non-ortho nitro benzene ring substituents is 1. The number of nitrogens with one attached hydrogen (secondary N) is 3. The van der Waals surface area contributed by atoms with E-state index in [0.29, 0.717) is 12.1 Å². The second-order valence-electron chi connectivity index (χ2n) is 7.63. The Balaban J connectivity index is 1.65.